The number of piperazine rings is 1. The molecule has 5 rings (SSSR count). The maximum Gasteiger partial charge on any atom is 0.267 e. The van der Waals surface area contributed by atoms with E-state index in [4.69, 9.17) is 13.9 Å². The summed E-state index contributed by atoms with van der Waals surface area (Å²) in [5, 5.41) is 8.55. The molecule has 1 unspecified atom stereocenters. The average molecular weight is 392 g/mol. The minimum Gasteiger partial charge on any atom is -0.485 e. The van der Waals surface area contributed by atoms with Gasteiger partial charge in [-0.1, -0.05) is 12.1 Å². The Bertz CT molecular complexity index is 982. The molecule has 29 heavy (non-hydrogen) atoms. The summed E-state index contributed by atoms with van der Waals surface area (Å²) in [6.45, 7) is 2.80. The monoisotopic (exact) mass is 392 g/mol. The zero-order chi connectivity index (χ0) is 19.6. The van der Waals surface area contributed by atoms with Crippen molar-refractivity contribution < 1.29 is 18.7 Å². The van der Waals surface area contributed by atoms with Gasteiger partial charge in [0.15, 0.2) is 23.1 Å². The van der Waals surface area contributed by atoms with Gasteiger partial charge in [0.05, 0.1) is 6.26 Å². The fraction of sp³-hybridized carbons (Fsp3) is 0.286. The Morgan fingerprint density at radius 2 is 1.76 bits per heavy atom. The number of fused-ring (bicyclic) bond motifs is 1. The molecule has 148 valence electrons. The lowest BCUT2D eigenvalue weighted by Gasteiger charge is -2.37. The minimum absolute atomic E-state index is 0.0431. The van der Waals surface area contributed by atoms with Crippen LogP contribution in [0.25, 0.3) is 11.5 Å². The molecule has 2 aliphatic rings. The van der Waals surface area contributed by atoms with E-state index in [1.165, 1.54) is 0 Å². The fourth-order valence-corrected chi connectivity index (χ4v) is 3.55. The molecular formula is C21H20N4O4. The quantitative estimate of drug-likeness (QED) is 0.676. The molecule has 0 aliphatic carbocycles. The van der Waals surface area contributed by atoms with Crippen molar-refractivity contribution in [1.82, 2.24) is 15.1 Å². The van der Waals surface area contributed by atoms with E-state index < -0.39 is 6.10 Å². The van der Waals surface area contributed by atoms with Crippen molar-refractivity contribution in [3.63, 3.8) is 0 Å². The molecule has 2 aromatic heterocycles. The fourth-order valence-electron chi connectivity index (χ4n) is 3.55. The van der Waals surface area contributed by atoms with Crippen LogP contribution in [-0.4, -0.2) is 59.9 Å². The average Bonchev–Trinajstić information content (AvgIpc) is 3.33. The Morgan fingerprint density at radius 1 is 0.931 bits per heavy atom. The van der Waals surface area contributed by atoms with Gasteiger partial charge in [-0.3, -0.25) is 4.79 Å². The first-order valence-corrected chi connectivity index (χ1v) is 9.58. The first kappa shape index (κ1) is 17.5. The number of benzene rings is 1. The Hall–Kier alpha value is -3.55. The molecule has 0 N–H and O–H groups in total. The van der Waals surface area contributed by atoms with Crippen molar-refractivity contribution in [2.45, 2.75) is 6.10 Å². The van der Waals surface area contributed by atoms with Gasteiger partial charge < -0.3 is 23.7 Å². The highest BCUT2D eigenvalue weighted by Gasteiger charge is 2.32. The number of nitrogens with zero attached hydrogens (tertiary/aromatic N) is 4. The van der Waals surface area contributed by atoms with Crippen molar-refractivity contribution in [3.8, 4) is 23.0 Å². The van der Waals surface area contributed by atoms with E-state index in [0.717, 1.165) is 5.82 Å². The SMILES string of the molecule is O=C(C1COc2ccccc2O1)N1CCN(c2ccc(-c3ccco3)nn2)CC1. The third-order valence-electron chi connectivity index (χ3n) is 5.12. The summed E-state index contributed by atoms with van der Waals surface area (Å²) in [6, 6.07) is 14.9. The number of hydrogen-bond donors (Lipinski definition) is 0. The summed E-state index contributed by atoms with van der Waals surface area (Å²) in [5.74, 6) is 2.73. The Labute approximate surface area is 167 Å². The number of amides is 1. The van der Waals surface area contributed by atoms with Crippen LogP contribution in [-0.2, 0) is 4.79 Å². The highest BCUT2D eigenvalue weighted by atomic mass is 16.6. The van der Waals surface area contributed by atoms with Crippen LogP contribution in [0.1, 0.15) is 0 Å². The topological polar surface area (TPSA) is 80.9 Å². The van der Waals surface area contributed by atoms with Crippen molar-refractivity contribution in [1.29, 1.82) is 0 Å². The lowest BCUT2D eigenvalue weighted by Crippen LogP contribution is -2.54. The second-order valence-electron chi connectivity index (χ2n) is 6.93. The van der Waals surface area contributed by atoms with E-state index in [1.807, 2.05) is 53.4 Å². The lowest BCUT2D eigenvalue weighted by molar-refractivity contribution is -0.141. The van der Waals surface area contributed by atoms with Crippen molar-refractivity contribution in [3.05, 3.63) is 54.8 Å². The highest BCUT2D eigenvalue weighted by molar-refractivity contribution is 5.82. The van der Waals surface area contributed by atoms with Gasteiger partial charge >= 0.3 is 0 Å². The largest absolute Gasteiger partial charge is 0.485 e. The van der Waals surface area contributed by atoms with E-state index in [9.17, 15) is 4.79 Å². The molecule has 1 atom stereocenters. The van der Waals surface area contributed by atoms with Gasteiger partial charge in [0.25, 0.3) is 5.91 Å². The molecule has 8 nitrogen and oxygen atoms in total. The number of carbonyl (C=O) groups is 1. The number of aromatic nitrogens is 2. The van der Waals surface area contributed by atoms with Crippen LogP contribution in [0.4, 0.5) is 5.82 Å². The van der Waals surface area contributed by atoms with Crippen molar-refractivity contribution >= 4 is 11.7 Å². The van der Waals surface area contributed by atoms with Crippen molar-refractivity contribution in [2.75, 3.05) is 37.7 Å². The number of rotatable bonds is 3. The molecule has 2 aliphatic heterocycles. The van der Waals surface area contributed by atoms with E-state index in [0.29, 0.717) is 49.1 Å². The van der Waals surface area contributed by atoms with Crippen LogP contribution >= 0.6 is 0 Å². The standard InChI is InChI=1S/C21H20N4O4/c26-21(19-14-28-17-4-1-2-5-18(17)29-19)25-11-9-24(10-12-25)20-8-7-15(22-23-20)16-6-3-13-27-16/h1-8,13,19H,9-12,14H2. The Morgan fingerprint density at radius 3 is 2.48 bits per heavy atom. The van der Waals surface area contributed by atoms with Crippen molar-refractivity contribution in [2.24, 2.45) is 0 Å². The minimum atomic E-state index is -0.608. The summed E-state index contributed by atoms with van der Waals surface area (Å²) < 4.78 is 16.9. The molecule has 1 aromatic carbocycles. The molecule has 0 bridgehead atoms. The zero-order valence-electron chi connectivity index (χ0n) is 15.7. The molecule has 1 amide bonds. The van der Waals surface area contributed by atoms with Gasteiger partial charge in [0.1, 0.15) is 12.3 Å². The van der Waals surface area contributed by atoms with Gasteiger partial charge in [0, 0.05) is 26.2 Å². The molecule has 3 aromatic rings. The summed E-state index contributed by atoms with van der Waals surface area (Å²) in [5.41, 5.74) is 0.697. The van der Waals surface area contributed by atoms with E-state index in [1.54, 1.807) is 6.26 Å². The lowest BCUT2D eigenvalue weighted by atomic mass is 10.2. The third kappa shape index (κ3) is 3.49. The predicted molar refractivity (Wildman–Crippen MR) is 105 cm³/mol. The van der Waals surface area contributed by atoms with Gasteiger partial charge in [0.2, 0.25) is 6.10 Å². The van der Waals surface area contributed by atoms with E-state index >= 15 is 0 Å². The first-order chi connectivity index (χ1) is 14.3. The van der Waals surface area contributed by atoms with Crippen LogP contribution in [0.3, 0.4) is 0 Å². The number of ether oxygens (including phenoxy) is 2. The van der Waals surface area contributed by atoms with Crippen LogP contribution in [0.2, 0.25) is 0 Å². The predicted octanol–water partition coefficient (Wildman–Crippen LogP) is 2.23. The van der Waals surface area contributed by atoms with Crippen LogP contribution in [0, 0.1) is 0 Å². The molecule has 8 heteroatoms. The number of para-hydroxylation sites is 2. The number of hydrogen-bond acceptors (Lipinski definition) is 7. The van der Waals surface area contributed by atoms with Crippen LogP contribution < -0.4 is 14.4 Å². The van der Waals surface area contributed by atoms with Gasteiger partial charge in [-0.25, -0.2) is 0 Å². The van der Waals surface area contributed by atoms with Crippen LogP contribution in [0.5, 0.6) is 11.5 Å². The van der Waals surface area contributed by atoms with Gasteiger partial charge in [-0.05, 0) is 36.4 Å². The zero-order valence-corrected chi connectivity index (χ0v) is 15.7. The Kier molecular flexibility index (Phi) is 4.51. The number of anilines is 1. The second kappa shape index (κ2) is 7.46. The molecule has 1 saturated heterocycles. The molecule has 0 spiro atoms. The Balaban J connectivity index is 1.19. The molecule has 0 radical (unpaired) electrons. The molecular weight excluding hydrogens is 372 g/mol. The third-order valence-corrected chi connectivity index (χ3v) is 5.12. The summed E-state index contributed by atoms with van der Waals surface area (Å²) in [4.78, 5) is 16.8. The highest BCUT2D eigenvalue weighted by Crippen LogP contribution is 2.31. The van der Waals surface area contributed by atoms with Gasteiger partial charge in [-0.15, -0.1) is 10.2 Å². The summed E-state index contributed by atoms with van der Waals surface area (Å²) >= 11 is 0. The second-order valence-corrected chi connectivity index (χ2v) is 6.93. The van der Waals surface area contributed by atoms with E-state index in [2.05, 4.69) is 15.1 Å². The normalized spacial score (nSPS) is 18.6. The summed E-state index contributed by atoms with van der Waals surface area (Å²) in [6.07, 6.45) is 1.00. The van der Waals surface area contributed by atoms with Crippen LogP contribution in [0.15, 0.2) is 59.2 Å². The molecule has 0 saturated carbocycles. The molecule has 4 heterocycles. The van der Waals surface area contributed by atoms with E-state index in [-0.39, 0.29) is 12.5 Å². The smallest absolute Gasteiger partial charge is 0.267 e. The number of furan rings is 1. The maximum absolute atomic E-state index is 12.8. The molecule has 1 fully saturated rings. The van der Waals surface area contributed by atoms with Gasteiger partial charge in [-0.2, -0.15) is 0 Å². The maximum atomic E-state index is 12.8. The number of carbonyl (C=O) groups excluding carboxylic acids is 1. The summed E-state index contributed by atoms with van der Waals surface area (Å²) in [7, 11) is 0. The first-order valence-electron chi connectivity index (χ1n) is 9.58.